The van der Waals surface area contributed by atoms with Gasteiger partial charge in [0.2, 0.25) is 0 Å². The molecule has 1 aromatic rings. The second kappa shape index (κ2) is 5.43. The van der Waals surface area contributed by atoms with Gasteiger partial charge in [0.05, 0.1) is 20.5 Å². The topological polar surface area (TPSA) is 58.9 Å². The summed E-state index contributed by atoms with van der Waals surface area (Å²) in [4.78, 5) is 0. The molecule has 0 unspecified atom stereocenters. The van der Waals surface area contributed by atoms with Crippen LogP contribution in [0, 0.1) is 0 Å². The summed E-state index contributed by atoms with van der Waals surface area (Å²) in [5.74, 6) is 0.431. The lowest BCUT2D eigenvalue weighted by Gasteiger charge is -2.10. The van der Waals surface area contributed by atoms with Crippen LogP contribution >= 0.6 is 0 Å². The second-order valence-electron chi connectivity index (χ2n) is 2.88. The van der Waals surface area contributed by atoms with Gasteiger partial charge in [0.15, 0.2) is 0 Å². The minimum Gasteiger partial charge on any atom is -0.504 e. The molecule has 15 heavy (non-hydrogen) atoms. The first kappa shape index (κ1) is 11.6. The Morgan fingerprint density at radius 2 is 2.00 bits per heavy atom. The van der Waals surface area contributed by atoms with E-state index in [0.29, 0.717) is 11.2 Å². The van der Waals surface area contributed by atoms with Crippen LogP contribution in [-0.2, 0) is 4.74 Å². The Labute approximate surface area is 88.9 Å². The summed E-state index contributed by atoms with van der Waals surface area (Å²) in [6.07, 6.45) is 3.18. The highest BCUT2D eigenvalue weighted by atomic mass is 16.5. The summed E-state index contributed by atoms with van der Waals surface area (Å²) in [5.41, 5.74) is 1.06. The molecule has 1 rings (SSSR count). The van der Waals surface area contributed by atoms with E-state index in [1.807, 2.05) is 0 Å². The maximum atomic E-state index is 9.11. The largest absolute Gasteiger partial charge is 0.504 e. The SMILES string of the molecule is COC=Cc1cccc(B(O)O)c1OC. The highest BCUT2D eigenvalue weighted by Gasteiger charge is 2.18. The first-order valence-electron chi connectivity index (χ1n) is 4.43. The van der Waals surface area contributed by atoms with Gasteiger partial charge in [0.1, 0.15) is 5.75 Å². The smallest absolute Gasteiger partial charge is 0.492 e. The van der Waals surface area contributed by atoms with Gasteiger partial charge in [-0.25, -0.2) is 0 Å². The Bertz CT molecular complexity index is 349. The monoisotopic (exact) mass is 208 g/mol. The number of para-hydroxylation sites is 1. The maximum Gasteiger partial charge on any atom is 0.492 e. The molecule has 0 atom stereocenters. The molecular weight excluding hydrogens is 195 g/mol. The van der Waals surface area contributed by atoms with Crippen LogP contribution in [0.3, 0.4) is 0 Å². The van der Waals surface area contributed by atoms with Gasteiger partial charge in [0, 0.05) is 11.0 Å². The van der Waals surface area contributed by atoms with E-state index in [9.17, 15) is 0 Å². The van der Waals surface area contributed by atoms with Crippen molar-refractivity contribution in [1.29, 1.82) is 0 Å². The highest BCUT2D eigenvalue weighted by Crippen LogP contribution is 2.17. The quantitative estimate of drug-likeness (QED) is 0.539. The molecule has 0 spiro atoms. The molecule has 0 heterocycles. The molecule has 0 radical (unpaired) electrons. The van der Waals surface area contributed by atoms with Crippen molar-refractivity contribution >= 4 is 18.7 Å². The average molecular weight is 208 g/mol. The Hall–Kier alpha value is -1.46. The molecule has 0 bridgehead atoms. The van der Waals surface area contributed by atoms with E-state index >= 15 is 0 Å². The lowest BCUT2D eigenvalue weighted by Crippen LogP contribution is -2.31. The van der Waals surface area contributed by atoms with Crippen molar-refractivity contribution in [2.75, 3.05) is 14.2 Å². The van der Waals surface area contributed by atoms with Gasteiger partial charge < -0.3 is 19.5 Å². The van der Waals surface area contributed by atoms with Gasteiger partial charge in [-0.1, -0.05) is 18.2 Å². The van der Waals surface area contributed by atoms with Crippen LogP contribution in [0.4, 0.5) is 0 Å². The van der Waals surface area contributed by atoms with Gasteiger partial charge in [-0.05, 0) is 6.08 Å². The van der Waals surface area contributed by atoms with Crippen LogP contribution in [0.25, 0.3) is 6.08 Å². The summed E-state index contributed by atoms with van der Waals surface area (Å²) in [6, 6.07) is 5.10. The van der Waals surface area contributed by atoms with E-state index in [4.69, 9.17) is 19.5 Å². The lowest BCUT2D eigenvalue weighted by atomic mass is 9.78. The zero-order valence-electron chi connectivity index (χ0n) is 8.68. The fourth-order valence-corrected chi connectivity index (χ4v) is 1.29. The fourth-order valence-electron chi connectivity index (χ4n) is 1.29. The van der Waals surface area contributed by atoms with E-state index < -0.39 is 7.12 Å². The molecule has 0 aliphatic rings. The van der Waals surface area contributed by atoms with E-state index in [1.54, 1.807) is 24.3 Å². The predicted molar refractivity (Wildman–Crippen MR) is 58.9 cm³/mol. The molecule has 0 fully saturated rings. The summed E-state index contributed by atoms with van der Waals surface area (Å²) in [5, 5.41) is 18.2. The van der Waals surface area contributed by atoms with E-state index in [-0.39, 0.29) is 0 Å². The van der Waals surface area contributed by atoms with E-state index in [2.05, 4.69) is 0 Å². The molecule has 0 saturated heterocycles. The number of benzene rings is 1. The number of methoxy groups -OCH3 is 2. The van der Waals surface area contributed by atoms with Gasteiger partial charge in [-0.3, -0.25) is 0 Å². The third-order valence-electron chi connectivity index (χ3n) is 1.94. The molecule has 0 aliphatic heterocycles. The third kappa shape index (κ3) is 2.74. The molecule has 0 aliphatic carbocycles. The molecular formula is C10H13BO4. The molecule has 0 amide bonds. The Morgan fingerprint density at radius 1 is 1.27 bits per heavy atom. The van der Waals surface area contributed by atoms with Crippen molar-refractivity contribution in [3.63, 3.8) is 0 Å². The number of rotatable bonds is 4. The fraction of sp³-hybridized carbons (Fsp3) is 0.200. The van der Waals surface area contributed by atoms with Crippen molar-refractivity contribution in [3.8, 4) is 5.75 Å². The molecule has 80 valence electrons. The summed E-state index contributed by atoms with van der Waals surface area (Å²) in [7, 11) is 1.47. The molecule has 2 N–H and O–H groups in total. The normalized spacial score (nSPS) is 10.4. The van der Waals surface area contributed by atoms with Crippen LogP contribution in [0.5, 0.6) is 5.75 Å². The molecule has 0 saturated carbocycles. The van der Waals surface area contributed by atoms with Crippen molar-refractivity contribution in [2.45, 2.75) is 0 Å². The van der Waals surface area contributed by atoms with Crippen molar-refractivity contribution in [2.24, 2.45) is 0 Å². The van der Waals surface area contributed by atoms with Crippen LogP contribution in [0.2, 0.25) is 0 Å². The highest BCUT2D eigenvalue weighted by molar-refractivity contribution is 6.59. The Balaban J connectivity index is 3.16. The van der Waals surface area contributed by atoms with Crippen LogP contribution in [0.1, 0.15) is 5.56 Å². The maximum absolute atomic E-state index is 9.11. The lowest BCUT2D eigenvalue weighted by molar-refractivity contribution is 0.341. The first-order valence-corrected chi connectivity index (χ1v) is 4.43. The van der Waals surface area contributed by atoms with Gasteiger partial charge in [-0.15, -0.1) is 0 Å². The summed E-state index contributed by atoms with van der Waals surface area (Å²) >= 11 is 0. The van der Waals surface area contributed by atoms with Crippen LogP contribution < -0.4 is 10.2 Å². The second-order valence-corrected chi connectivity index (χ2v) is 2.88. The Kier molecular flexibility index (Phi) is 4.21. The minimum absolute atomic E-state index is 0.329. The Morgan fingerprint density at radius 3 is 2.53 bits per heavy atom. The number of ether oxygens (including phenoxy) is 2. The standard InChI is InChI=1S/C10H13BO4/c1-14-7-6-8-4-3-5-9(11(12)13)10(8)15-2/h3-7,12-13H,1-2H3. The summed E-state index contributed by atoms with van der Waals surface area (Å²) < 4.78 is 9.89. The first-order chi connectivity index (χ1) is 7.20. The van der Waals surface area contributed by atoms with Gasteiger partial charge in [-0.2, -0.15) is 0 Å². The van der Waals surface area contributed by atoms with Gasteiger partial charge in [0.25, 0.3) is 0 Å². The van der Waals surface area contributed by atoms with Crippen molar-refractivity contribution in [3.05, 3.63) is 30.0 Å². The zero-order valence-corrected chi connectivity index (χ0v) is 8.68. The summed E-state index contributed by atoms with van der Waals surface area (Å²) in [6.45, 7) is 0. The van der Waals surface area contributed by atoms with Crippen molar-refractivity contribution in [1.82, 2.24) is 0 Å². The van der Waals surface area contributed by atoms with E-state index in [0.717, 1.165) is 5.56 Å². The number of hydrogen-bond donors (Lipinski definition) is 2. The third-order valence-corrected chi connectivity index (χ3v) is 1.94. The van der Waals surface area contributed by atoms with E-state index in [1.165, 1.54) is 20.5 Å². The number of hydrogen-bond acceptors (Lipinski definition) is 4. The van der Waals surface area contributed by atoms with Crippen LogP contribution in [-0.4, -0.2) is 31.4 Å². The molecule has 4 nitrogen and oxygen atoms in total. The molecule has 1 aromatic carbocycles. The predicted octanol–water partition coefficient (Wildman–Crippen LogP) is -0.00790. The van der Waals surface area contributed by atoms with Gasteiger partial charge >= 0.3 is 7.12 Å². The van der Waals surface area contributed by atoms with Crippen molar-refractivity contribution < 1.29 is 19.5 Å². The minimum atomic E-state index is -1.55. The average Bonchev–Trinajstić information content (AvgIpc) is 2.25. The molecule has 0 aromatic heterocycles. The van der Waals surface area contributed by atoms with Crippen LogP contribution in [0.15, 0.2) is 24.5 Å². The zero-order chi connectivity index (χ0) is 11.3. The molecule has 5 heteroatoms.